The molecule has 1 unspecified atom stereocenters. The number of methoxy groups -OCH3 is 1. The zero-order valence-electron chi connectivity index (χ0n) is 11.7. The molecule has 0 saturated heterocycles. The van der Waals surface area contributed by atoms with Crippen molar-refractivity contribution in [1.29, 1.82) is 0 Å². The lowest BCUT2D eigenvalue weighted by atomic mass is 9.64. The molecule has 110 valence electrons. The number of hydrogen-bond donors (Lipinski definition) is 2. The highest BCUT2D eigenvalue weighted by Crippen LogP contribution is 2.43. The monoisotopic (exact) mass is 340 g/mol. The highest BCUT2D eigenvalue weighted by Gasteiger charge is 2.39. The molecule has 1 fully saturated rings. The Balaban J connectivity index is 2.00. The molecule has 1 aromatic carbocycles. The van der Waals surface area contributed by atoms with Crippen molar-refractivity contribution in [2.45, 2.75) is 30.7 Å². The van der Waals surface area contributed by atoms with E-state index in [9.17, 15) is 4.79 Å². The number of hydrogen-bond acceptors (Lipinski definition) is 3. The smallest absolute Gasteiger partial charge is 0.239 e. The molecule has 4 nitrogen and oxygen atoms in total. The van der Waals surface area contributed by atoms with Gasteiger partial charge in [-0.3, -0.25) is 4.79 Å². The Labute approximate surface area is 128 Å². The summed E-state index contributed by atoms with van der Waals surface area (Å²) in [5, 5.41) is 2.97. The summed E-state index contributed by atoms with van der Waals surface area (Å²) in [5.41, 5.74) is 7.07. The van der Waals surface area contributed by atoms with Gasteiger partial charge in [-0.1, -0.05) is 34.5 Å². The highest BCUT2D eigenvalue weighted by atomic mass is 79.9. The molecule has 0 bridgehead atoms. The average Bonchev–Trinajstić information content (AvgIpc) is 2.37. The van der Waals surface area contributed by atoms with Crippen molar-refractivity contribution in [3.8, 4) is 0 Å². The maximum atomic E-state index is 11.9. The van der Waals surface area contributed by atoms with Gasteiger partial charge in [-0.2, -0.15) is 0 Å². The third-order valence-corrected chi connectivity index (χ3v) is 4.52. The van der Waals surface area contributed by atoms with Crippen molar-refractivity contribution < 1.29 is 9.53 Å². The molecule has 3 N–H and O–H groups in total. The second-order valence-electron chi connectivity index (χ2n) is 5.42. The van der Waals surface area contributed by atoms with Crippen LogP contribution >= 0.6 is 15.9 Å². The van der Waals surface area contributed by atoms with Crippen LogP contribution in [0.1, 0.15) is 24.8 Å². The van der Waals surface area contributed by atoms with Crippen molar-refractivity contribution >= 4 is 21.8 Å². The van der Waals surface area contributed by atoms with Crippen LogP contribution in [0.2, 0.25) is 0 Å². The number of amides is 1. The summed E-state index contributed by atoms with van der Waals surface area (Å²) in [7, 11) is 1.54. The summed E-state index contributed by atoms with van der Waals surface area (Å²) in [4.78, 5) is 11.9. The van der Waals surface area contributed by atoms with Crippen LogP contribution in [0.5, 0.6) is 0 Å². The first-order valence-corrected chi connectivity index (χ1v) is 7.65. The van der Waals surface area contributed by atoms with Gasteiger partial charge in [0.1, 0.15) is 6.04 Å². The molecule has 1 aliphatic rings. The number of ether oxygens (including phenoxy) is 1. The third-order valence-electron chi connectivity index (χ3n) is 4.03. The molecule has 0 radical (unpaired) electrons. The van der Waals surface area contributed by atoms with E-state index in [1.165, 1.54) is 12.0 Å². The van der Waals surface area contributed by atoms with E-state index in [4.69, 9.17) is 10.5 Å². The van der Waals surface area contributed by atoms with Crippen LogP contribution in [0.15, 0.2) is 28.7 Å². The minimum Gasteiger partial charge on any atom is -0.383 e. The lowest BCUT2D eigenvalue weighted by Gasteiger charge is -2.43. The van der Waals surface area contributed by atoms with E-state index in [-0.39, 0.29) is 17.9 Å². The Morgan fingerprint density at radius 2 is 2.30 bits per heavy atom. The van der Waals surface area contributed by atoms with E-state index < -0.39 is 6.04 Å². The maximum Gasteiger partial charge on any atom is 0.239 e. The average molecular weight is 341 g/mol. The van der Waals surface area contributed by atoms with E-state index in [1.54, 1.807) is 7.11 Å². The van der Waals surface area contributed by atoms with Gasteiger partial charge in [0.25, 0.3) is 0 Å². The molecule has 0 aliphatic heterocycles. The molecule has 1 amide bonds. The third kappa shape index (κ3) is 3.40. The normalized spacial score (nSPS) is 18.1. The zero-order chi connectivity index (χ0) is 14.6. The van der Waals surface area contributed by atoms with Gasteiger partial charge in [0.05, 0.1) is 6.61 Å². The summed E-state index contributed by atoms with van der Waals surface area (Å²) < 4.78 is 5.98. The topological polar surface area (TPSA) is 64.3 Å². The number of carbonyl (C=O) groups is 1. The number of rotatable bonds is 6. The lowest BCUT2D eigenvalue weighted by Crippen LogP contribution is -2.50. The van der Waals surface area contributed by atoms with E-state index in [0.29, 0.717) is 6.54 Å². The molecule has 1 aromatic rings. The van der Waals surface area contributed by atoms with Crippen LogP contribution in [0.25, 0.3) is 0 Å². The molecular formula is C15H21BrN2O2. The second-order valence-corrected chi connectivity index (χ2v) is 6.34. The molecule has 0 spiro atoms. The van der Waals surface area contributed by atoms with Gasteiger partial charge < -0.3 is 15.8 Å². The fraction of sp³-hybridized carbons (Fsp3) is 0.533. The fourth-order valence-electron chi connectivity index (χ4n) is 2.63. The number of benzene rings is 1. The predicted octanol–water partition coefficient (Wildman–Crippen LogP) is 1.96. The molecule has 1 saturated carbocycles. The number of carbonyl (C=O) groups excluding carboxylic acids is 1. The zero-order valence-corrected chi connectivity index (χ0v) is 13.3. The lowest BCUT2D eigenvalue weighted by molar-refractivity contribution is -0.123. The Kier molecular flexibility index (Phi) is 5.18. The summed E-state index contributed by atoms with van der Waals surface area (Å²) in [6.45, 7) is 0.884. The molecule has 1 aliphatic carbocycles. The SMILES string of the molecule is COCC(N)C(=O)NCC1(c2cccc(Br)c2)CCC1. The molecular weight excluding hydrogens is 320 g/mol. The summed E-state index contributed by atoms with van der Waals surface area (Å²) in [6.07, 6.45) is 3.40. The first-order chi connectivity index (χ1) is 9.57. The van der Waals surface area contributed by atoms with Gasteiger partial charge in [0, 0.05) is 23.5 Å². The second kappa shape index (κ2) is 6.70. The minimum atomic E-state index is -0.598. The van der Waals surface area contributed by atoms with Crippen molar-refractivity contribution in [3.63, 3.8) is 0 Å². The van der Waals surface area contributed by atoms with Crippen LogP contribution in [-0.2, 0) is 14.9 Å². The van der Waals surface area contributed by atoms with Crippen LogP contribution in [0.3, 0.4) is 0 Å². The highest BCUT2D eigenvalue weighted by molar-refractivity contribution is 9.10. The summed E-state index contributed by atoms with van der Waals surface area (Å²) in [6, 6.07) is 7.73. The van der Waals surface area contributed by atoms with Crippen molar-refractivity contribution in [3.05, 3.63) is 34.3 Å². The van der Waals surface area contributed by atoms with Gasteiger partial charge in [0.2, 0.25) is 5.91 Å². The van der Waals surface area contributed by atoms with Crippen molar-refractivity contribution in [2.24, 2.45) is 5.73 Å². The van der Waals surface area contributed by atoms with E-state index in [2.05, 4.69) is 33.4 Å². The molecule has 20 heavy (non-hydrogen) atoms. The summed E-state index contributed by atoms with van der Waals surface area (Å²) in [5.74, 6) is -0.145. The Bertz CT molecular complexity index is 475. The number of halogens is 1. The van der Waals surface area contributed by atoms with Gasteiger partial charge in [-0.25, -0.2) is 0 Å². The fourth-order valence-corrected chi connectivity index (χ4v) is 3.03. The van der Waals surface area contributed by atoms with E-state index in [1.807, 2.05) is 12.1 Å². The van der Waals surface area contributed by atoms with Crippen molar-refractivity contribution in [2.75, 3.05) is 20.3 Å². The van der Waals surface area contributed by atoms with E-state index >= 15 is 0 Å². The Hall–Kier alpha value is -0.910. The molecule has 5 heteroatoms. The van der Waals surface area contributed by atoms with Gasteiger partial charge >= 0.3 is 0 Å². The van der Waals surface area contributed by atoms with Gasteiger partial charge in [0.15, 0.2) is 0 Å². The minimum absolute atomic E-state index is 0.0617. The van der Waals surface area contributed by atoms with Crippen LogP contribution in [-0.4, -0.2) is 32.2 Å². The Morgan fingerprint density at radius 1 is 1.55 bits per heavy atom. The van der Waals surface area contributed by atoms with Gasteiger partial charge in [-0.15, -0.1) is 0 Å². The molecule has 1 atom stereocenters. The first kappa shape index (κ1) is 15.5. The van der Waals surface area contributed by atoms with Crippen LogP contribution in [0, 0.1) is 0 Å². The van der Waals surface area contributed by atoms with E-state index in [0.717, 1.165) is 17.3 Å². The molecule has 0 heterocycles. The largest absolute Gasteiger partial charge is 0.383 e. The van der Waals surface area contributed by atoms with Crippen LogP contribution < -0.4 is 11.1 Å². The number of nitrogens with one attached hydrogen (secondary N) is 1. The van der Waals surface area contributed by atoms with Crippen LogP contribution in [0.4, 0.5) is 0 Å². The maximum absolute atomic E-state index is 11.9. The standard InChI is InChI=1S/C15H21BrN2O2/c1-20-9-13(17)14(19)18-10-15(6-3-7-15)11-4-2-5-12(16)8-11/h2,4-5,8,13H,3,6-7,9-10,17H2,1H3,(H,18,19). The van der Waals surface area contributed by atoms with Gasteiger partial charge in [-0.05, 0) is 30.5 Å². The summed E-state index contributed by atoms with van der Waals surface area (Å²) >= 11 is 3.51. The van der Waals surface area contributed by atoms with Crippen molar-refractivity contribution in [1.82, 2.24) is 5.32 Å². The Morgan fingerprint density at radius 3 is 2.85 bits per heavy atom. The predicted molar refractivity (Wildman–Crippen MR) is 82.5 cm³/mol. The number of nitrogens with two attached hydrogens (primary N) is 1. The molecule has 2 rings (SSSR count). The molecule has 0 aromatic heterocycles. The first-order valence-electron chi connectivity index (χ1n) is 6.86. The quantitative estimate of drug-likeness (QED) is 0.831.